The van der Waals surface area contributed by atoms with Crippen molar-refractivity contribution in [3.05, 3.63) is 60.3 Å². The van der Waals surface area contributed by atoms with E-state index in [0.29, 0.717) is 6.42 Å². The summed E-state index contributed by atoms with van der Waals surface area (Å²) in [4.78, 5) is 15.6. The van der Waals surface area contributed by atoms with Gasteiger partial charge in [-0.15, -0.1) is 0 Å². The maximum atomic E-state index is 12.3. The van der Waals surface area contributed by atoms with Crippen molar-refractivity contribution in [2.75, 3.05) is 5.32 Å². The van der Waals surface area contributed by atoms with Crippen molar-refractivity contribution in [1.82, 2.24) is 10.3 Å². The first-order valence-corrected chi connectivity index (χ1v) is 8.66. The van der Waals surface area contributed by atoms with Gasteiger partial charge in [-0.25, -0.2) is 0 Å². The average molecular weight is 333 g/mol. The van der Waals surface area contributed by atoms with Crippen LogP contribution in [0.1, 0.15) is 12.0 Å². The number of fused-ring (bicyclic) bond motifs is 3. The number of hydrogen-bond acceptors (Lipinski definition) is 3. The molecule has 0 radical (unpaired) electrons. The van der Waals surface area contributed by atoms with Crippen molar-refractivity contribution < 1.29 is 9.53 Å². The number of nitrogens with one attached hydrogen (secondary N) is 3. The topological polar surface area (TPSA) is 66.2 Å². The quantitative estimate of drug-likeness (QED) is 0.688. The highest BCUT2D eigenvalue weighted by Gasteiger charge is 2.56. The predicted octanol–water partition coefficient (Wildman–Crippen LogP) is 2.84. The van der Waals surface area contributed by atoms with Gasteiger partial charge in [0.15, 0.2) is 0 Å². The number of benzene rings is 2. The fraction of sp³-hybridized carbons (Fsp3) is 0.250. The van der Waals surface area contributed by atoms with E-state index in [2.05, 4.69) is 27.8 Å². The number of aryl methyl sites for hydroxylation is 1. The summed E-state index contributed by atoms with van der Waals surface area (Å²) in [6.07, 6.45) is 3.24. The Hall–Kier alpha value is -2.95. The lowest BCUT2D eigenvalue weighted by Crippen LogP contribution is -2.30. The maximum Gasteiger partial charge on any atom is 0.220 e. The SMILES string of the molecule is O=C(CCc1c[nH]c2ccccc12)NC1C2Nc3ccccc3OC12. The molecule has 1 aliphatic carbocycles. The Morgan fingerprint density at radius 3 is 2.92 bits per heavy atom. The number of carbonyl (C=O) groups is 1. The summed E-state index contributed by atoms with van der Waals surface area (Å²) < 4.78 is 5.95. The molecule has 1 amide bonds. The van der Waals surface area contributed by atoms with Crippen LogP contribution in [0.4, 0.5) is 5.69 Å². The van der Waals surface area contributed by atoms with Crippen molar-refractivity contribution in [3.8, 4) is 5.75 Å². The van der Waals surface area contributed by atoms with Gasteiger partial charge < -0.3 is 20.4 Å². The van der Waals surface area contributed by atoms with Crippen LogP contribution >= 0.6 is 0 Å². The molecule has 3 aromatic rings. The van der Waals surface area contributed by atoms with E-state index in [1.165, 1.54) is 10.9 Å². The molecule has 2 heterocycles. The van der Waals surface area contributed by atoms with Crippen LogP contribution in [0.15, 0.2) is 54.7 Å². The number of amides is 1. The van der Waals surface area contributed by atoms with Crippen molar-refractivity contribution in [2.45, 2.75) is 31.0 Å². The van der Waals surface area contributed by atoms with Gasteiger partial charge >= 0.3 is 0 Å². The maximum absolute atomic E-state index is 12.3. The number of aromatic nitrogens is 1. The van der Waals surface area contributed by atoms with Crippen LogP contribution < -0.4 is 15.4 Å². The number of ether oxygens (including phenoxy) is 1. The highest BCUT2D eigenvalue weighted by Crippen LogP contribution is 2.40. The third-order valence-corrected chi connectivity index (χ3v) is 5.05. The molecule has 1 fully saturated rings. The minimum Gasteiger partial charge on any atom is -0.484 e. The van der Waals surface area contributed by atoms with Crippen LogP contribution in [0.3, 0.4) is 0 Å². The first-order valence-electron chi connectivity index (χ1n) is 8.66. The van der Waals surface area contributed by atoms with Gasteiger partial charge in [-0.2, -0.15) is 0 Å². The second-order valence-electron chi connectivity index (χ2n) is 6.70. The standard InChI is InChI=1S/C20H19N3O2/c24-17(10-9-12-11-21-14-6-2-1-5-13(12)14)23-19-18-20(19)25-16-8-4-3-7-15(16)22-18/h1-8,11,18-22H,9-10H2,(H,23,24). The van der Waals surface area contributed by atoms with E-state index in [0.717, 1.165) is 23.4 Å². The lowest BCUT2D eigenvalue weighted by atomic mass is 10.1. The second-order valence-corrected chi connectivity index (χ2v) is 6.70. The van der Waals surface area contributed by atoms with E-state index >= 15 is 0 Å². The fourth-order valence-electron chi connectivity index (χ4n) is 3.63. The molecule has 3 unspecified atom stereocenters. The molecule has 5 nitrogen and oxygen atoms in total. The van der Waals surface area contributed by atoms with Gasteiger partial charge in [0.05, 0.1) is 17.8 Å². The van der Waals surface area contributed by atoms with E-state index in [-0.39, 0.29) is 24.1 Å². The monoisotopic (exact) mass is 333 g/mol. The van der Waals surface area contributed by atoms with Crippen LogP contribution in [0.5, 0.6) is 5.75 Å². The molecule has 0 bridgehead atoms. The zero-order chi connectivity index (χ0) is 16.8. The highest BCUT2D eigenvalue weighted by molar-refractivity contribution is 5.84. The molecule has 126 valence electrons. The van der Waals surface area contributed by atoms with Gasteiger partial charge in [-0.3, -0.25) is 4.79 Å². The van der Waals surface area contributed by atoms with Crippen molar-refractivity contribution in [3.63, 3.8) is 0 Å². The summed E-state index contributed by atoms with van der Waals surface area (Å²) in [5.74, 6) is 0.929. The molecular formula is C20H19N3O2. The van der Waals surface area contributed by atoms with Crippen LogP contribution in [-0.4, -0.2) is 29.1 Å². The lowest BCUT2D eigenvalue weighted by Gasteiger charge is -2.16. The minimum absolute atomic E-state index is 0.0342. The van der Waals surface area contributed by atoms with E-state index in [1.807, 2.05) is 42.6 Å². The number of H-pyrrole nitrogens is 1. The Morgan fingerprint density at radius 2 is 1.96 bits per heavy atom. The number of hydrogen-bond donors (Lipinski definition) is 3. The highest BCUT2D eigenvalue weighted by atomic mass is 16.5. The van der Waals surface area contributed by atoms with E-state index in [1.54, 1.807) is 0 Å². The van der Waals surface area contributed by atoms with Crippen LogP contribution in [0, 0.1) is 0 Å². The molecule has 25 heavy (non-hydrogen) atoms. The first kappa shape index (κ1) is 14.4. The van der Waals surface area contributed by atoms with E-state index < -0.39 is 0 Å². The zero-order valence-electron chi connectivity index (χ0n) is 13.7. The van der Waals surface area contributed by atoms with Gasteiger partial charge in [-0.05, 0) is 30.2 Å². The molecule has 2 aliphatic rings. The molecule has 3 atom stereocenters. The summed E-state index contributed by atoms with van der Waals surface area (Å²) in [5, 5.41) is 7.73. The van der Waals surface area contributed by atoms with Gasteiger partial charge in [0, 0.05) is 23.5 Å². The number of aromatic amines is 1. The zero-order valence-corrected chi connectivity index (χ0v) is 13.7. The number of carbonyl (C=O) groups excluding carboxylic acids is 1. The average Bonchev–Trinajstić information content (AvgIpc) is 3.13. The fourth-order valence-corrected chi connectivity index (χ4v) is 3.63. The van der Waals surface area contributed by atoms with Gasteiger partial charge in [0.1, 0.15) is 11.9 Å². The van der Waals surface area contributed by atoms with Crippen LogP contribution in [0.2, 0.25) is 0 Å². The van der Waals surface area contributed by atoms with Crippen LogP contribution in [0.25, 0.3) is 10.9 Å². The largest absolute Gasteiger partial charge is 0.484 e. The molecule has 3 N–H and O–H groups in total. The van der Waals surface area contributed by atoms with Gasteiger partial charge in [-0.1, -0.05) is 30.3 Å². The molecule has 1 aromatic heterocycles. The molecule has 0 spiro atoms. The van der Waals surface area contributed by atoms with Gasteiger partial charge in [0.2, 0.25) is 5.91 Å². The Bertz CT molecular complexity index is 918. The Labute approximate surface area is 145 Å². The Balaban J connectivity index is 1.19. The molecule has 5 heteroatoms. The Morgan fingerprint density at radius 1 is 1.12 bits per heavy atom. The molecular weight excluding hydrogens is 314 g/mol. The summed E-state index contributed by atoms with van der Waals surface area (Å²) in [5.41, 5.74) is 3.29. The third-order valence-electron chi connectivity index (χ3n) is 5.05. The Kier molecular flexibility index (Phi) is 3.20. The van der Waals surface area contributed by atoms with Crippen molar-refractivity contribution in [2.24, 2.45) is 0 Å². The predicted molar refractivity (Wildman–Crippen MR) is 96.8 cm³/mol. The third kappa shape index (κ3) is 2.52. The number of rotatable bonds is 4. The molecule has 0 saturated heterocycles. The van der Waals surface area contributed by atoms with E-state index in [4.69, 9.17) is 4.74 Å². The summed E-state index contributed by atoms with van der Waals surface area (Å²) in [6.45, 7) is 0. The summed E-state index contributed by atoms with van der Waals surface area (Å²) in [7, 11) is 0. The van der Waals surface area contributed by atoms with E-state index in [9.17, 15) is 4.79 Å². The summed E-state index contributed by atoms with van der Waals surface area (Å²) in [6, 6.07) is 16.3. The smallest absolute Gasteiger partial charge is 0.220 e. The molecule has 1 saturated carbocycles. The first-order chi connectivity index (χ1) is 12.3. The van der Waals surface area contributed by atoms with Crippen molar-refractivity contribution >= 4 is 22.5 Å². The van der Waals surface area contributed by atoms with Crippen molar-refractivity contribution in [1.29, 1.82) is 0 Å². The minimum atomic E-state index is 0.0342. The molecule has 5 rings (SSSR count). The number of anilines is 1. The molecule has 2 aromatic carbocycles. The second kappa shape index (κ2) is 5.55. The summed E-state index contributed by atoms with van der Waals surface area (Å²) >= 11 is 0. The molecule has 1 aliphatic heterocycles. The van der Waals surface area contributed by atoms with Crippen LogP contribution in [-0.2, 0) is 11.2 Å². The van der Waals surface area contributed by atoms with Gasteiger partial charge in [0.25, 0.3) is 0 Å². The number of para-hydroxylation sites is 3. The normalized spacial score (nSPS) is 23.1. The lowest BCUT2D eigenvalue weighted by molar-refractivity contribution is -0.121.